The number of nitrogens with zero attached hydrogens (tertiary/aromatic N) is 1. The van der Waals surface area contributed by atoms with E-state index in [1.54, 1.807) is 18.8 Å². The lowest BCUT2D eigenvalue weighted by atomic mass is 11.0. The Labute approximate surface area is 56.7 Å². The van der Waals surface area contributed by atoms with Gasteiger partial charge in [0, 0.05) is 7.05 Å². The van der Waals surface area contributed by atoms with Gasteiger partial charge in [0.1, 0.15) is 3.95 Å². The van der Waals surface area contributed by atoms with Gasteiger partial charge in [-0.2, -0.15) is 0 Å². The highest BCUT2D eigenvalue weighted by atomic mass is 79.9. The molecule has 0 saturated heterocycles. The third-order valence-corrected chi connectivity index (χ3v) is 2.19. The predicted octanol–water partition coefficient (Wildman–Crippen LogP) is 2.12. The van der Waals surface area contributed by atoms with E-state index >= 15 is 0 Å². The molecule has 0 unspecified atom stereocenters. The van der Waals surface area contributed by atoms with Crippen molar-refractivity contribution in [1.29, 1.82) is 0 Å². The SMILES string of the molecule is CCSC(Br)=NC. The highest BCUT2D eigenvalue weighted by molar-refractivity contribution is 9.22. The lowest BCUT2D eigenvalue weighted by molar-refractivity contribution is 1.48. The molecule has 0 rings (SSSR count). The first-order valence-corrected chi connectivity index (χ1v) is 3.84. The van der Waals surface area contributed by atoms with Crippen LogP contribution in [0.4, 0.5) is 0 Å². The first kappa shape index (κ1) is 7.50. The molecule has 0 aliphatic rings. The van der Waals surface area contributed by atoms with E-state index in [4.69, 9.17) is 0 Å². The van der Waals surface area contributed by atoms with Crippen molar-refractivity contribution in [2.45, 2.75) is 6.92 Å². The van der Waals surface area contributed by atoms with Crippen molar-refractivity contribution in [1.82, 2.24) is 0 Å². The van der Waals surface area contributed by atoms with E-state index in [9.17, 15) is 0 Å². The Morgan fingerprint density at radius 3 is 2.57 bits per heavy atom. The fourth-order valence-electron chi connectivity index (χ4n) is 0.184. The molecular formula is C4H8BrNS. The molecule has 0 aromatic carbocycles. The van der Waals surface area contributed by atoms with Crippen molar-refractivity contribution < 1.29 is 0 Å². The second kappa shape index (κ2) is 4.65. The Balaban J connectivity index is 3.17. The summed E-state index contributed by atoms with van der Waals surface area (Å²) in [6.07, 6.45) is 0. The molecule has 0 atom stereocenters. The molecule has 1 nitrogen and oxygen atoms in total. The van der Waals surface area contributed by atoms with Crippen LogP contribution in [-0.2, 0) is 0 Å². The van der Waals surface area contributed by atoms with Crippen LogP contribution in [0.1, 0.15) is 6.92 Å². The zero-order valence-corrected chi connectivity index (χ0v) is 6.84. The molecule has 0 N–H and O–H groups in total. The van der Waals surface area contributed by atoms with Gasteiger partial charge in [0.05, 0.1) is 0 Å². The van der Waals surface area contributed by atoms with E-state index < -0.39 is 0 Å². The molecule has 3 heteroatoms. The molecule has 0 spiro atoms. The number of aliphatic imine (C=N–C) groups is 1. The van der Waals surface area contributed by atoms with Crippen molar-refractivity contribution in [2.24, 2.45) is 4.99 Å². The highest BCUT2D eigenvalue weighted by Gasteiger charge is 1.84. The molecule has 0 aromatic rings. The van der Waals surface area contributed by atoms with E-state index in [1.165, 1.54) is 0 Å². The molecule has 42 valence electrons. The Morgan fingerprint density at radius 1 is 1.86 bits per heavy atom. The van der Waals surface area contributed by atoms with Crippen LogP contribution in [0.25, 0.3) is 0 Å². The van der Waals surface area contributed by atoms with Crippen molar-refractivity contribution in [3.05, 3.63) is 0 Å². The minimum atomic E-state index is 0.981. The first-order valence-electron chi connectivity index (χ1n) is 2.06. The first-order chi connectivity index (χ1) is 3.31. The Hall–Kier alpha value is 0.500. The van der Waals surface area contributed by atoms with Crippen LogP contribution in [0.2, 0.25) is 0 Å². The van der Waals surface area contributed by atoms with Gasteiger partial charge >= 0.3 is 0 Å². The fraction of sp³-hybridized carbons (Fsp3) is 0.750. The molecule has 0 bridgehead atoms. The van der Waals surface area contributed by atoms with E-state index in [-0.39, 0.29) is 0 Å². The summed E-state index contributed by atoms with van der Waals surface area (Å²) in [4.78, 5) is 3.87. The summed E-state index contributed by atoms with van der Waals surface area (Å²) in [7, 11) is 1.77. The van der Waals surface area contributed by atoms with Crippen molar-refractivity contribution in [2.75, 3.05) is 12.8 Å². The summed E-state index contributed by atoms with van der Waals surface area (Å²) in [6, 6.07) is 0. The molecule has 0 aliphatic heterocycles. The van der Waals surface area contributed by atoms with Crippen LogP contribution in [0.3, 0.4) is 0 Å². The van der Waals surface area contributed by atoms with Gasteiger partial charge in [0.25, 0.3) is 0 Å². The third kappa shape index (κ3) is 4.35. The number of rotatable bonds is 1. The van der Waals surface area contributed by atoms with Gasteiger partial charge in [0.2, 0.25) is 0 Å². The Morgan fingerprint density at radius 2 is 2.43 bits per heavy atom. The summed E-state index contributed by atoms with van der Waals surface area (Å²) in [5.41, 5.74) is 0. The average molecular weight is 182 g/mol. The molecule has 0 heterocycles. The minimum Gasteiger partial charge on any atom is -0.275 e. The summed E-state index contributed by atoms with van der Waals surface area (Å²) in [5, 5.41) is 0. The molecule has 0 fully saturated rings. The largest absolute Gasteiger partial charge is 0.275 e. The van der Waals surface area contributed by atoms with Gasteiger partial charge in [-0.3, -0.25) is 4.99 Å². The second-order valence-corrected chi connectivity index (χ2v) is 3.44. The average Bonchev–Trinajstić information content (AvgIpc) is 1.68. The van der Waals surface area contributed by atoms with Crippen LogP contribution in [0.5, 0.6) is 0 Å². The van der Waals surface area contributed by atoms with Gasteiger partial charge in [-0.05, 0) is 21.7 Å². The lowest BCUT2D eigenvalue weighted by Crippen LogP contribution is -1.75. The maximum Gasteiger partial charge on any atom is 0.133 e. The summed E-state index contributed by atoms with van der Waals surface area (Å²) in [5.74, 6) is 1.08. The number of halogens is 1. The normalized spacial score (nSPS) is 12.1. The van der Waals surface area contributed by atoms with Gasteiger partial charge in [-0.1, -0.05) is 18.7 Å². The molecule has 0 aromatic heterocycles. The summed E-state index contributed by atoms with van der Waals surface area (Å²) in [6.45, 7) is 2.09. The van der Waals surface area contributed by atoms with Crippen LogP contribution >= 0.6 is 27.7 Å². The Bertz CT molecular complexity index is 72.1. The van der Waals surface area contributed by atoms with Crippen LogP contribution in [0, 0.1) is 0 Å². The number of hydrogen-bond donors (Lipinski definition) is 0. The van der Waals surface area contributed by atoms with E-state index in [1.807, 2.05) is 0 Å². The van der Waals surface area contributed by atoms with Gasteiger partial charge in [-0.25, -0.2) is 0 Å². The molecule has 0 amide bonds. The number of hydrogen-bond acceptors (Lipinski definition) is 2. The number of thioether (sulfide) groups is 1. The zero-order chi connectivity index (χ0) is 5.70. The van der Waals surface area contributed by atoms with Crippen LogP contribution < -0.4 is 0 Å². The second-order valence-electron chi connectivity index (χ2n) is 0.910. The van der Waals surface area contributed by atoms with Crippen LogP contribution in [0.15, 0.2) is 4.99 Å². The molecular weight excluding hydrogens is 174 g/mol. The highest BCUT2D eigenvalue weighted by Crippen LogP contribution is 2.07. The molecule has 7 heavy (non-hydrogen) atoms. The summed E-state index contributed by atoms with van der Waals surface area (Å²) >= 11 is 4.95. The molecule has 0 aliphatic carbocycles. The maximum absolute atomic E-state index is 3.87. The quantitative estimate of drug-likeness (QED) is 0.447. The standard InChI is InChI=1S/C4H8BrNS/c1-3-7-4(5)6-2/h3H2,1-2H3. The van der Waals surface area contributed by atoms with Crippen molar-refractivity contribution >= 4 is 31.6 Å². The van der Waals surface area contributed by atoms with Crippen molar-refractivity contribution in [3.63, 3.8) is 0 Å². The third-order valence-electron chi connectivity index (χ3n) is 0.439. The van der Waals surface area contributed by atoms with Gasteiger partial charge in [-0.15, -0.1) is 0 Å². The van der Waals surface area contributed by atoms with E-state index in [2.05, 4.69) is 27.8 Å². The Kier molecular flexibility index (Phi) is 4.99. The summed E-state index contributed by atoms with van der Waals surface area (Å²) < 4.78 is 0.981. The van der Waals surface area contributed by atoms with Gasteiger partial charge < -0.3 is 0 Å². The van der Waals surface area contributed by atoms with Crippen molar-refractivity contribution in [3.8, 4) is 0 Å². The lowest BCUT2D eigenvalue weighted by Gasteiger charge is -1.87. The van der Waals surface area contributed by atoms with E-state index in [0.717, 1.165) is 9.71 Å². The maximum atomic E-state index is 3.87. The van der Waals surface area contributed by atoms with Crippen LogP contribution in [-0.4, -0.2) is 16.8 Å². The smallest absolute Gasteiger partial charge is 0.133 e. The minimum absolute atomic E-state index is 0.981. The molecule has 0 radical (unpaired) electrons. The topological polar surface area (TPSA) is 12.4 Å². The fourth-order valence-corrected chi connectivity index (χ4v) is 1.24. The molecule has 0 saturated carbocycles. The van der Waals surface area contributed by atoms with E-state index in [0.29, 0.717) is 0 Å². The van der Waals surface area contributed by atoms with Gasteiger partial charge in [0.15, 0.2) is 0 Å². The monoisotopic (exact) mass is 181 g/mol. The predicted molar refractivity (Wildman–Crippen MR) is 40.4 cm³/mol. The zero-order valence-electron chi connectivity index (χ0n) is 4.44.